The van der Waals surface area contributed by atoms with Gasteiger partial charge in [0.2, 0.25) is 0 Å². The van der Waals surface area contributed by atoms with Gasteiger partial charge in [-0.25, -0.2) is 0 Å². The van der Waals surface area contributed by atoms with E-state index in [0.717, 1.165) is 18.4 Å². The van der Waals surface area contributed by atoms with Crippen LogP contribution in [0.3, 0.4) is 0 Å². The molecule has 0 spiro atoms. The van der Waals surface area contributed by atoms with Gasteiger partial charge in [0.05, 0.1) is 5.69 Å². The molecule has 2 rings (SSSR count). The van der Waals surface area contributed by atoms with E-state index in [1.54, 1.807) is 0 Å². The highest BCUT2D eigenvalue weighted by Gasteiger charge is 2.22. The van der Waals surface area contributed by atoms with Crippen LogP contribution in [0.15, 0.2) is 12.3 Å². The molecule has 0 amide bonds. The van der Waals surface area contributed by atoms with E-state index in [1.807, 2.05) is 17.9 Å². The summed E-state index contributed by atoms with van der Waals surface area (Å²) in [5.41, 5.74) is 1.27. The van der Waals surface area contributed by atoms with Crippen molar-refractivity contribution in [3.8, 4) is 0 Å². The molecule has 3 heteroatoms. The summed E-state index contributed by atoms with van der Waals surface area (Å²) in [5.74, 6) is 1.80. The molecule has 1 aliphatic rings. The molecule has 0 aliphatic heterocycles. The molecule has 0 atom stereocenters. The quantitative estimate of drug-likeness (QED) is 0.869. The Labute approximate surface area is 105 Å². The van der Waals surface area contributed by atoms with Crippen molar-refractivity contribution in [2.75, 3.05) is 0 Å². The van der Waals surface area contributed by atoms with Gasteiger partial charge in [0.25, 0.3) is 0 Å². The number of nitrogens with zero attached hydrogens (tertiary/aromatic N) is 2. The van der Waals surface area contributed by atoms with E-state index in [2.05, 4.69) is 30.3 Å². The van der Waals surface area contributed by atoms with Gasteiger partial charge in [0.15, 0.2) is 0 Å². The maximum atomic E-state index is 4.19. The Bertz CT molecular complexity index is 335. The van der Waals surface area contributed by atoms with E-state index >= 15 is 0 Å². The maximum Gasteiger partial charge on any atom is 0.0518 e. The summed E-state index contributed by atoms with van der Waals surface area (Å²) in [5, 5.41) is 7.86. The first-order valence-corrected chi connectivity index (χ1v) is 6.87. The van der Waals surface area contributed by atoms with Crippen molar-refractivity contribution in [1.82, 2.24) is 15.1 Å². The lowest BCUT2D eigenvalue weighted by atomic mass is 9.80. The molecule has 1 aromatic heterocycles. The molecule has 0 saturated heterocycles. The Hall–Kier alpha value is -0.830. The van der Waals surface area contributed by atoms with Crippen LogP contribution in [0.1, 0.15) is 45.2 Å². The number of aromatic nitrogens is 2. The minimum atomic E-state index is 0.708. The zero-order valence-corrected chi connectivity index (χ0v) is 11.3. The summed E-state index contributed by atoms with van der Waals surface area (Å²) in [6.45, 7) is 5.66. The lowest BCUT2D eigenvalue weighted by molar-refractivity contribution is 0.237. The van der Waals surface area contributed by atoms with Crippen molar-refractivity contribution in [2.24, 2.45) is 18.9 Å². The van der Waals surface area contributed by atoms with Crippen LogP contribution in [0.5, 0.6) is 0 Å². The average molecular weight is 235 g/mol. The van der Waals surface area contributed by atoms with Gasteiger partial charge in [-0.1, -0.05) is 13.8 Å². The lowest BCUT2D eigenvalue weighted by Crippen LogP contribution is -2.34. The fourth-order valence-electron chi connectivity index (χ4n) is 2.81. The third-order valence-electron chi connectivity index (χ3n) is 4.21. The Morgan fingerprint density at radius 3 is 2.59 bits per heavy atom. The van der Waals surface area contributed by atoms with Crippen molar-refractivity contribution in [2.45, 2.75) is 52.1 Å². The van der Waals surface area contributed by atoms with Gasteiger partial charge in [-0.2, -0.15) is 5.10 Å². The molecule has 0 unspecified atom stereocenters. The topological polar surface area (TPSA) is 29.9 Å². The molecule has 0 bridgehead atoms. The number of aryl methyl sites for hydroxylation is 1. The maximum absolute atomic E-state index is 4.19. The first kappa shape index (κ1) is 12.6. The number of hydrogen-bond acceptors (Lipinski definition) is 2. The molecule has 1 heterocycles. The van der Waals surface area contributed by atoms with Crippen molar-refractivity contribution < 1.29 is 0 Å². The zero-order chi connectivity index (χ0) is 12.3. The van der Waals surface area contributed by atoms with Gasteiger partial charge < -0.3 is 5.32 Å². The van der Waals surface area contributed by atoms with Crippen LogP contribution in [-0.4, -0.2) is 15.8 Å². The summed E-state index contributed by atoms with van der Waals surface area (Å²) in [6.07, 6.45) is 7.31. The fourth-order valence-corrected chi connectivity index (χ4v) is 2.81. The molecule has 1 N–H and O–H groups in total. The molecule has 1 aromatic rings. The van der Waals surface area contributed by atoms with Gasteiger partial charge in [0.1, 0.15) is 0 Å². The van der Waals surface area contributed by atoms with Crippen LogP contribution < -0.4 is 5.32 Å². The molecule has 3 nitrogen and oxygen atoms in total. The SMILES string of the molecule is CC(C)C1CCC(NCc2ccnn2C)CC1. The summed E-state index contributed by atoms with van der Waals surface area (Å²) >= 11 is 0. The van der Waals surface area contributed by atoms with Crippen molar-refractivity contribution in [3.05, 3.63) is 18.0 Å². The molecule has 1 saturated carbocycles. The predicted octanol–water partition coefficient (Wildman–Crippen LogP) is 2.72. The average Bonchev–Trinajstić information content (AvgIpc) is 2.73. The standard InChI is InChI=1S/C14H25N3/c1-11(2)12-4-6-13(7-5-12)15-10-14-8-9-16-17(14)3/h8-9,11-13,15H,4-7,10H2,1-3H3. The van der Waals surface area contributed by atoms with E-state index < -0.39 is 0 Å². The van der Waals surface area contributed by atoms with Crippen LogP contribution in [0.25, 0.3) is 0 Å². The highest BCUT2D eigenvalue weighted by atomic mass is 15.3. The zero-order valence-electron chi connectivity index (χ0n) is 11.3. The summed E-state index contributed by atoms with van der Waals surface area (Å²) in [6, 6.07) is 2.80. The van der Waals surface area contributed by atoms with Crippen molar-refractivity contribution in [1.29, 1.82) is 0 Å². The van der Waals surface area contributed by atoms with E-state index in [9.17, 15) is 0 Å². The predicted molar refractivity (Wildman–Crippen MR) is 70.6 cm³/mol. The second-order valence-corrected chi connectivity index (χ2v) is 5.68. The molecule has 17 heavy (non-hydrogen) atoms. The molecule has 0 radical (unpaired) electrons. The molecule has 1 fully saturated rings. The van der Waals surface area contributed by atoms with Crippen LogP contribution >= 0.6 is 0 Å². The second-order valence-electron chi connectivity index (χ2n) is 5.68. The van der Waals surface area contributed by atoms with Crippen LogP contribution in [0, 0.1) is 11.8 Å². The van der Waals surface area contributed by atoms with Gasteiger partial charge >= 0.3 is 0 Å². The molecular weight excluding hydrogens is 210 g/mol. The third kappa shape index (κ3) is 3.32. The third-order valence-corrected chi connectivity index (χ3v) is 4.21. The summed E-state index contributed by atoms with van der Waals surface area (Å²) in [7, 11) is 2.01. The van der Waals surface area contributed by atoms with Gasteiger partial charge in [0, 0.05) is 25.8 Å². The van der Waals surface area contributed by atoms with Crippen molar-refractivity contribution >= 4 is 0 Å². The van der Waals surface area contributed by atoms with Gasteiger partial charge in [-0.05, 0) is 43.6 Å². The van der Waals surface area contributed by atoms with E-state index in [0.29, 0.717) is 6.04 Å². The van der Waals surface area contributed by atoms with Crippen LogP contribution in [-0.2, 0) is 13.6 Å². The Morgan fingerprint density at radius 2 is 2.06 bits per heavy atom. The number of nitrogens with one attached hydrogen (secondary N) is 1. The minimum absolute atomic E-state index is 0.708. The van der Waals surface area contributed by atoms with Gasteiger partial charge in [-0.3, -0.25) is 4.68 Å². The summed E-state index contributed by atoms with van der Waals surface area (Å²) in [4.78, 5) is 0. The second kappa shape index (κ2) is 5.67. The Kier molecular flexibility index (Phi) is 4.21. The van der Waals surface area contributed by atoms with E-state index in [4.69, 9.17) is 0 Å². The highest BCUT2D eigenvalue weighted by Crippen LogP contribution is 2.29. The van der Waals surface area contributed by atoms with Gasteiger partial charge in [-0.15, -0.1) is 0 Å². The lowest BCUT2D eigenvalue weighted by Gasteiger charge is -2.31. The minimum Gasteiger partial charge on any atom is -0.308 e. The van der Waals surface area contributed by atoms with Crippen LogP contribution in [0.2, 0.25) is 0 Å². The normalized spacial score (nSPS) is 25.4. The monoisotopic (exact) mass is 235 g/mol. The molecular formula is C14H25N3. The number of rotatable bonds is 4. The van der Waals surface area contributed by atoms with Crippen LogP contribution in [0.4, 0.5) is 0 Å². The highest BCUT2D eigenvalue weighted by molar-refractivity contribution is 4.99. The van der Waals surface area contributed by atoms with E-state index in [1.165, 1.54) is 31.4 Å². The van der Waals surface area contributed by atoms with Crippen molar-refractivity contribution in [3.63, 3.8) is 0 Å². The first-order chi connectivity index (χ1) is 8.16. The Morgan fingerprint density at radius 1 is 1.35 bits per heavy atom. The van der Waals surface area contributed by atoms with E-state index in [-0.39, 0.29) is 0 Å². The smallest absolute Gasteiger partial charge is 0.0518 e. The molecule has 96 valence electrons. The largest absolute Gasteiger partial charge is 0.308 e. The summed E-state index contributed by atoms with van der Waals surface area (Å²) < 4.78 is 1.95. The number of hydrogen-bond donors (Lipinski definition) is 1. The molecule has 1 aliphatic carbocycles. The first-order valence-electron chi connectivity index (χ1n) is 6.87. The molecule has 0 aromatic carbocycles. The Balaban J connectivity index is 1.74. The fraction of sp³-hybridized carbons (Fsp3) is 0.786.